The lowest BCUT2D eigenvalue weighted by Gasteiger charge is -2.18. The van der Waals surface area contributed by atoms with Gasteiger partial charge < -0.3 is 11.1 Å². The maximum Gasteiger partial charge on any atom is 0.00105 e. The molecular weight excluding hydrogens is 232 g/mol. The minimum Gasteiger partial charge on any atom is -0.330 e. The summed E-state index contributed by atoms with van der Waals surface area (Å²) in [6.45, 7) is 6.05. The van der Waals surface area contributed by atoms with E-state index in [1.807, 2.05) is 0 Å². The molecule has 19 heavy (non-hydrogen) atoms. The second kappa shape index (κ2) is 6.69. The predicted molar refractivity (Wildman–Crippen MR) is 83.3 cm³/mol. The van der Waals surface area contributed by atoms with Crippen LogP contribution in [0.5, 0.6) is 0 Å². The zero-order valence-electron chi connectivity index (χ0n) is 11.9. The molecule has 1 atom stereocenters. The number of fused-ring (bicyclic) bond motifs is 1. The van der Waals surface area contributed by atoms with Crippen molar-refractivity contribution in [1.82, 2.24) is 5.32 Å². The lowest BCUT2D eigenvalue weighted by molar-refractivity contribution is 0.455. The Balaban J connectivity index is 2.15. The molecule has 0 aliphatic rings. The molecule has 0 saturated heterocycles. The number of rotatable bonds is 6. The normalized spacial score (nSPS) is 13.1. The van der Waals surface area contributed by atoms with Crippen molar-refractivity contribution in [3.8, 4) is 0 Å². The molecule has 0 radical (unpaired) electrons. The first kappa shape index (κ1) is 14.0. The average molecular weight is 256 g/mol. The van der Waals surface area contributed by atoms with E-state index in [1.165, 1.54) is 16.3 Å². The lowest BCUT2D eigenvalue weighted by Crippen LogP contribution is -2.33. The van der Waals surface area contributed by atoms with E-state index in [1.54, 1.807) is 0 Å². The molecule has 2 aromatic rings. The van der Waals surface area contributed by atoms with Crippen molar-refractivity contribution >= 4 is 10.8 Å². The maximum atomic E-state index is 5.91. The fourth-order valence-corrected chi connectivity index (χ4v) is 2.42. The van der Waals surface area contributed by atoms with Crippen LogP contribution in [0.3, 0.4) is 0 Å². The quantitative estimate of drug-likeness (QED) is 0.834. The highest BCUT2D eigenvalue weighted by Crippen LogP contribution is 2.20. The Kier molecular flexibility index (Phi) is 4.94. The van der Waals surface area contributed by atoms with Crippen LogP contribution in [0, 0.1) is 5.92 Å². The van der Waals surface area contributed by atoms with Gasteiger partial charge in [-0.3, -0.25) is 0 Å². The van der Waals surface area contributed by atoms with Crippen molar-refractivity contribution in [2.24, 2.45) is 11.7 Å². The third kappa shape index (κ3) is 3.79. The summed E-state index contributed by atoms with van der Waals surface area (Å²) >= 11 is 0. The van der Waals surface area contributed by atoms with Gasteiger partial charge in [-0.05, 0) is 41.8 Å². The van der Waals surface area contributed by atoms with Crippen molar-refractivity contribution in [1.29, 1.82) is 0 Å². The van der Waals surface area contributed by atoms with Gasteiger partial charge in [0.2, 0.25) is 0 Å². The SMILES string of the molecule is CC(C)NCC(CN)Cc1cccc2ccccc12. The molecule has 102 valence electrons. The summed E-state index contributed by atoms with van der Waals surface area (Å²) < 4.78 is 0. The molecule has 2 aromatic carbocycles. The molecule has 0 fully saturated rings. The second-order valence-electron chi connectivity index (χ2n) is 5.51. The van der Waals surface area contributed by atoms with Gasteiger partial charge in [0.25, 0.3) is 0 Å². The first-order valence-corrected chi connectivity index (χ1v) is 7.10. The van der Waals surface area contributed by atoms with Gasteiger partial charge in [0.1, 0.15) is 0 Å². The van der Waals surface area contributed by atoms with Crippen LogP contribution in [0.1, 0.15) is 19.4 Å². The molecule has 0 spiro atoms. The van der Waals surface area contributed by atoms with Crippen molar-refractivity contribution < 1.29 is 0 Å². The van der Waals surface area contributed by atoms with Crippen LogP contribution in [0.2, 0.25) is 0 Å². The third-order valence-corrected chi connectivity index (χ3v) is 3.54. The Morgan fingerprint density at radius 1 is 1.05 bits per heavy atom. The Morgan fingerprint density at radius 2 is 1.79 bits per heavy atom. The molecule has 0 saturated carbocycles. The molecule has 1 unspecified atom stereocenters. The number of nitrogens with two attached hydrogens (primary N) is 1. The fraction of sp³-hybridized carbons (Fsp3) is 0.412. The van der Waals surface area contributed by atoms with Gasteiger partial charge in [-0.1, -0.05) is 56.3 Å². The van der Waals surface area contributed by atoms with E-state index in [0.717, 1.165) is 19.5 Å². The molecule has 0 aliphatic heterocycles. The van der Waals surface area contributed by atoms with Crippen molar-refractivity contribution in [3.05, 3.63) is 48.0 Å². The van der Waals surface area contributed by atoms with E-state index in [9.17, 15) is 0 Å². The monoisotopic (exact) mass is 256 g/mol. The summed E-state index contributed by atoms with van der Waals surface area (Å²) in [5.74, 6) is 0.494. The number of hydrogen-bond acceptors (Lipinski definition) is 2. The van der Waals surface area contributed by atoms with Gasteiger partial charge >= 0.3 is 0 Å². The van der Waals surface area contributed by atoms with Gasteiger partial charge in [-0.25, -0.2) is 0 Å². The molecule has 0 aromatic heterocycles. The highest BCUT2D eigenvalue weighted by Gasteiger charge is 2.10. The summed E-state index contributed by atoms with van der Waals surface area (Å²) in [6.07, 6.45) is 1.04. The number of benzene rings is 2. The first-order valence-electron chi connectivity index (χ1n) is 7.10. The van der Waals surface area contributed by atoms with E-state index in [4.69, 9.17) is 5.73 Å². The topological polar surface area (TPSA) is 38.0 Å². The molecule has 0 heterocycles. The highest BCUT2D eigenvalue weighted by atomic mass is 14.9. The molecular formula is C17H24N2. The van der Waals surface area contributed by atoms with Crippen LogP contribution in [0.4, 0.5) is 0 Å². The van der Waals surface area contributed by atoms with Crippen LogP contribution in [-0.2, 0) is 6.42 Å². The fourth-order valence-electron chi connectivity index (χ4n) is 2.42. The van der Waals surface area contributed by atoms with E-state index in [-0.39, 0.29) is 0 Å². The Labute approximate surface area is 116 Å². The number of nitrogens with one attached hydrogen (secondary N) is 1. The second-order valence-corrected chi connectivity index (χ2v) is 5.51. The van der Waals surface area contributed by atoms with Gasteiger partial charge in [0.15, 0.2) is 0 Å². The number of hydrogen-bond donors (Lipinski definition) is 2. The summed E-state index contributed by atoms with van der Waals surface area (Å²) in [5.41, 5.74) is 7.31. The van der Waals surface area contributed by atoms with Crippen LogP contribution < -0.4 is 11.1 Å². The van der Waals surface area contributed by atoms with Crippen LogP contribution in [0.25, 0.3) is 10.8 Å². The van der Waals surface area contributed by atoms with Gasteiger partial charge in [0.05, 0.1) is 0 Å². The van der Waals surface area contributed by atoms with Crippen molar-refractivity contribution in [2.75, 3.05) is 13.1 Å². The standard InChI is InChI=1S/C17H24N2/c1-13(2)19-12-14(11-18)10-16-8-5-7-15-6-3-4-9-17(15)16/h3-9,13-14,19H,10-12,18H2,1-2H3. The molecule has 3 N–H and O–H groups in total. The molecule has 2 nitrogen and oxygen atoms in total. The summed E-state index contributed by atoms with van der Waals surface area (Å²) in [6, 6.07) is 15.6. The molecule has 2 rings (SSSR count). The summed E-state index contributed by atoms with van der Waals surface area (Å²) in [7, 11) is 0. The largest absolute Gasteiger partial charge is 0.330 e. The van der Waals surface area contributed by atoms with E-state index >= 15 is 0 Å². The van der Waals surface area contributed by atoms with Crippen LogP contribution in [0.15, 0.2) is 42.5 Å². The van der Waals surface area contributed by atoms with Crippen LogP contribution in [-0.4, -0.2) is 19.1 Å². The molecule has 0 bridgehead atoms. The Bertz CT molecular complexity index is 514. The smallest absolute Gasteiger partial charge is 0.00105 e. The molecule has 2 heteroatoms. The third-order valence-electron chi connectivity index (χ3n) is 3.54. The molecule has 0 amide bonds. The minimum atomic E-state index is 0.494. The maximum absolute atomic E-state index is 5.91. The zero-order chi connectivity index (χ0) is 13.7. The van der Waals surface area contributed by atoms with Crippen LogP contribution >= 0.6 is 0 Å². The average Bonchev–Trinajstić information content (AvgIpc) is 2.43. The Hall–Kier alpha value is -1.38. The zero-order valence-corrected chi connectivity index (χ0v) is 11.9. The van der Waals surface area contributed by atoms with E-state index in [2.05, 4.69) is 61.6 Å². The first-order chi connectivity index (χ1) is 9.20. The van der Waals surface area contributed by atoms with Gasteiger partial charge in [0, 0.05) is 6.04 Å². The van der Waals surface area contributed by atoms with Gasteiger partial charge in [-0.15, -0.1) is 0 Å². The van der Waals surface area contributed by atoms with Crippen molar-refractivity contribution in [2.45, 2.75) is 26.3 Å². The highest BCUT2D eigenvalue weighted by molar-refractivity contribution is 5.85. The van der Waals surface area contributed by atoms with Gasteiger partial charge in [-0.2, -0.15) is 0 Å². The summed E-state index contributed by atoms with van der Waals surface area (Å²) in [4.78, 5) is 0. The summed E-state index contributed by atoms with van der Waals surface area (Å²) in [5, 5.41) is 6.15. The minimum absolute atomic E-state index is 0.494. The molecule has 0 aliphatic carbocycles. The van der Waals surface area contributed by atoms with E-state index < -0.39 is 0 Å². The predicted octanol–water partition coefficient (Wildman–Crippen LogP) is 2.96. The van der Waals surface area contributed by atoms with Crippen molar-refractivity contribution in [3.63, 3.8) is 0 Å². The lowest BCUT2D eigenvalue weighted by atomic mass is 9.94. The van der Waals surface area contributed by atoms with E-state index in [0.29, 0.717) is 12.0 Å². The Morgan fingerprint density at radius 3 is 2.53 bits per heavy atom.